The number of halogens is 1. The van der Waals surface area contributed by atoms with Crippen LogP contribution in [0.15, 0.2) is 4.99 Å². The molecule has 2 atom stereocenters. The maximum atomic E-state index is 5.70. The van der Waals surface area contributed by atoms with E-state index in [4.69, 9.17) is 9.73 Å². The lowest BCUT2D eigenvalue weighted by Crippen LogP contribution is -2.45. The molecule has 5 nitrogen and oxygen atoms in total. The van der Waals surface area contributed by atoms with E-state index in [1.807, 2.05) is 0 Å². The molecule has 0 aromatic rings. The lowest BCUT2D eigenvalue weighted by Gasteiger charge is -2.33. The number of hydrogen-bond acceptors (Lipinski definition) is 3. The van der Waals surface area contributed by atoms with E-state index < -0.39 is 0 Å². The summed E-state index contributed by atoms with van der Waals surface area (Å²) >= 11 is 0. The highest BCUT2D eigenvalue weighted by Gasteiger charge is 2.42. The average molecular weight is 492 g/mol. The molecule has 0 saturated carbocycles. The summed E-state index contributed by atoms with van der Waals surface area (Å²) in [6.07, 6.45) is 7.95. The normalized spacial score (nSPS) is 28.4. The highest BCUT2D eigenvalue weighted by atomic mass is 127. The SMILES string of the molecule is CCNC(=NCC(C(C)C)N1CCCCCC1)N1CCC2(CCOC2)C1.I. The van der Waals surface area contributed by atoms with Crippen LogP contribution in [-0.2, 0) is 4.74 Å². The van der Waals surface area contributed by atoms with E-state index in [0.29, 0.717) is 17.4 Å². The first-order valence-electron chi connectivity index (χ1n) is 11.0. The van der Waals surface area contributed by atoms with Crippen LogP contribution in [0.2, 0.25) is 0 Å². The zero-order valence-corrected chi connectivity index (χ0v) is 20.0. The van der Waals surface area contributed by atoms with E-state index in [9.17, 15) is 0 Å². The predicted octanol–water partition coefficient (Wildman–Crippen LogP) is 3.58. The van der Waals surface area contributed by atoms with Gasteiger partial charge >= 0.3 is 0 Å². The molecule has 3 fully saturated rings. The largest absolute Gasteiger partial charge is 0.381 e. The van der Waals surface area contributed by atoms with Gasteiger partial charge in [-0.05, 0) is 51.6 Å². The highest BCUT2D eigenvalue weighted by Crippen LogP contribution is 2.38. The second-order valence-electron chi connectivity index (χ2n) is 8.93. The summed E-state index contributed by atoms with van der Waals surface area (Å²) in [6.45, 7) is 15.3. The lowest BCUT2D eigenvalue weighted by molar-refractivity contribution is 0.156. The second-order valence-corrected chi connectivity index (χ2v) is 8.93. The molecular weight excluding hydrogens is 451 g/mol. The van der Waals surface area contributed by atoms with Gasteiger partial charge in [0.15, 0.2) is 5.96 Å². The van der Waals surface area contributed by atoms with Crippen molar-refractivity contribution in [1.29, 1.82) is 0 Å². The van der Waals surface area contributed by atoms with Crippen molar-refractivity contribution in [3.8, 4) is 0 Å². The zero-order chi connectivity index (χ0) is 18.4. The van der Waals surface area contributed by atoms with Gasteiger partial charge in [-0.2, -0.15) is 0 Å². The summed E-state index contributed by atoms with van der Waals surface area (Å²) in [5.41, 5.74) is 0.387. The Bertz CT molecular complexity index is 457. The summed E-state index contributed by atoms with van der Waals surface area (Å²) in [4.78, 5) is 10.3. The van der Waals surface area contributed by atoms with E-state index in [-0.39, 0.29) is 24.0 Å². The van der Waals surface area contributed by atoms with Gasteiger partial charge in [-0.3, -0.25) is 9.89 Å². The maximum absolute atomic E-state index is 5.70. The Morgan fingerprint density at radius 3 is 2.44 bits per heavy atom. The monoisotopic (exact) mass is 492 g/mol. The van der Waals surface area contributed by atoms with E-state index in [1.165, 1.54) is 51.6 Å². The van der Waals surface area contributed by atoms with Crippen molar-refractivity contribution in [1.82, 2.24) is 15.1 Å². The molecule has 3 saturated heterocycles. The fourth-order valence-corrected chi connectivity index (χ4v) is 4.87. The van der Waals surface area contributed by atoms with Gasteiger partial charge in [0.1, 0.15) is 0 Å². The molecule has 3 rings (SSSR count). The van der Waals surface area contributed by atoms with Crippen molar-refractivity contribution in [2.75, 3.05) is 52.5 Å². The number of ether oxygens (including phenoxy) is 1. The van der Waals surface area contributed by atoms with Crippen LogP contribution in [0, 0.1) is 11.3 Å². The Morgan fingerprint density at radius 2 is 1.85 bits per heavy atom. The molecule has 1 spiro atoms. The van der Waals surface area contributed by atoms with Crippen LogP contribution in [-0.4, -0.2) is 74.3 Å². The topological polar surface area (TPSA) is 40.1 Å². The van der Waals surface area contributed by atoms with Crippen molar-refractivity contribution in [2.45, 2.75) is 65.3 Å². The molecule has 3 aliphatic rings. The number of guanidine groups is 1. The molecule has 0 aromatic carbocycles. The molecule has 158 valence electrons. The first kappa shape index (κ1) is 23.2. The Hall–Kier alpha value is -0.0800. The minimum atomic E-state index is 0. The van der Waals surface area contributed by atoms with E-state index >= 15 is 0 Å². The summed E-state index contributed by atoms with van der Waals surface area (Å²) in [5, 5.41) is 3.56. The molecule has 0 aromatic heterocycles. The van der Waals surface area contributed by atoms with Crippen LogP contribution in [0.25, 0.3) is 0 Å². The Balaban J connectivity index is 0.00000261. The third-order valence-corrected chi connectivity index (χ3v) is 6.57. The number of nitrogens with one attached hydrogen (secondary N) is 1. The van der Waals surface area contributed by atoms with Gasteiger partial charge in [0.05, 0.1) is 13.2 Å². The highest BCUT2D eigenvalue weighted by molar-refractivity contribution is 14.0. The fourth-order valence-electron chi connectivity index (χ4n) is 4.87. The molecule has 0 radical (unpaired) electrons. The molecule has 3 heterocycles. The fraction of sp³-hybridized carbons (Fsp3) is 0.952. The number of hydrogen-bond donors (Lipinski definition) is 1. The molecule has 3 aliphatic heterocycles. The molecule has 0 bridgehead atoms. The molecule has 0 amide bonds. The van der Waals surface area contributed by atoms with Crippen molar-refractivity contribution in [3.05, 3.63) is 0 Å². The van der Waals surface area contributed by atoms with Crippen molar-refractivity contribution in [2.24, 2.45) is 16.3 Å². The number of likely N-dealkylation sites (tertiary alicyclic amines) is 2. The van der Waals surface area contributed by atoms with Crippen LogP contribution in [0.5, 0.6) is 0 Å². The van der Waals surface area contributed by atoms with Gasteiger partial charge in [0.2, 0.25) is 0 Å². The number of rotatable bonds is 5. The Morgan fingerprint density at radius 1 is 1.11 bits per heavy atom. The quantitative estimate of drug-likeness (QED) is 0.362. The molecule has 1 N–H and O–H groups in total. The van der Waals surface area contributed by atoms with Crippen molar-refractivity contribution >= 4 is 29.9 Å². The summed E-state index contributed by atoms with van der Waals surface area (Å²) in [7, 11) is 0. The van der Waals surface area contributed by atoms with E-state index in [1.54, 1.807) is 0 Å². The second kappa shape index (κ2) is 11.2. The van der Waals surface area contributed by atoms with Gasteiger partial charge in [0.25, 0.3) is 0 Å². The van der Waals surface area contributed by atoms with Crippen LogP contribution >= 0.6 is 24.0 Å². The standard InChI is InChI=1S/C21H40N4O.HI/c1-4-22-20(25-13-9-21(16-25)10-14-26-17-21)23-15-19(18(2)3)24-11-7-5-6-8-12-24;/h18-19H,4-17H2,1-3H3,(H,22,23);1H. The molecule has 27 heavy (non-hydrogen) atoms. The van der Waals surface area contributed by atoms with Crippen molar-refractivity contribution in [3.63, 3.8) is 0 Å². The minimum Gasteiger partial charge on any atom is -0.381 e. The van der Waals surface area contributed by atoms with Gasteiger partial charge < -0.3 is 15.0 Å². The Kier molecular flexibility index (Phi) is 9.62. The zero-order valence-electron chi connectivity index (χ0n) is 17.7. The third-order valence-electron chi connectivity index (χ3n) is 6.57. The van der Waals surface area contributed by atoms with Gasteiger partial charge in [-0.1, -0.05) is 26.7 Å². The molecule has 6 heteroatoms. The first-order valence-corrected chi connectivity index (χ1v) is 11.0. The van der Waals surface area contributed by atoms with Crippen molar-refractivity contribution < 1.29 is 4.74 Å². The summed E-state index contributed by atoms with van der Waals surface area (Å²) < 4.78 is 5.70. The van der Waals surface area contributed by atoms with E-state index in [2.05, 4.69) is 35.9 Å². The molecule has 0 aliphatic carbocycles. The number of nitrogens with zero attached hydrogens (tertiary/aromatic N) is 3. The average Bonchev–Trinajstić information content (AvgIpc) is 3.17. The van der Waals surface area contributed by atoms with Crippen LogP contribution in [0.3, 0.4) is 0 Å². The third kappa shape index (κ3) is 6.20. The molecular formula is C21H41IN4O. The summed E-state index contributed by atoms with van der Waals surface area (Å²) in [6, 6.07) is 0.563. The lowest BCUT2D eigenvalue weighted by atomic mass is 9.87. The smallest absolute Gasteiger partial charge is 0.193 e. The first-order chi connectivity index (χ1) is 12.6. The van der Waals surface area contributed by atoms with Crippen LogP contribution in [0.1, 0.15) is 59.3 Å². The van der Waals surface area contributed by atoms with Gasteiger partial charge in [-0.25, -0.2) is 0 Å². The Labute approximate surface area is 183 Å². The predicted molar refractivity (Wildman–Crippen MR) is 124 cm³/mol. The molecule has 2 unspecified atom stereocenters. The number of aliphatic imine (C=N–C) groups is 1. The van der Waals surface area contributed by atoms with E-state index in [0.717, 1.165) is 45.4 Å². The summed E-state index contributed by atoms with van der Waals surface area (Å²) in [5.74, 6) is 1.77. The van der Waals surface area contributed by atoms with Crippen LogP contribution < -0.4 is 5.32 Å². The minimum absolute atomic E-state index is 0. The van der Waals surface area contributed by atoms with Gasteiger partial charge in [0, 0.05) is 37.7 Å². The maximum Gasteiger partial charge on any atom is 0.193 e. The van der Waals surface area contributed by atoms with Crippen LogP contribution in [0.4, 0.5) is 0 Å². The van der Waals surface area contributed by atoms with Gasteiger partial charge in [-0.15, -0.1) is 24.0 Å².